The Morgan fingerprint density at radius 2 is 1.89 bits per heavy atom. The van der Waals surface area contributed by atoms with E-state index < -0.39 is 5.60 Å². The largest absolute Gasteiger partial charge is 0.458 e. The van der Waals surface area contributed by atoms with Gasteiger partial charge >= 0.3 is 5.97 Å². The standard InChI is InChI=1S/C15H23NO2/c1-10-7-8-11(2)13(9-10)16-12(3)14(17)18-15(4,5)6/h7-9,12,16H,1-6H3. The van der Waals surface area contributed by atoms with Gasteiger partial charge in [-0.3, -0.25) is 0 Å². The van der Waals surface area contributed by atoms with Gasteiger partial charge in [-0.25, -0.2) is 4.79 Å². The summed E-state index contributed by atoms with van der Waals surface area (Å²) in [5.41, 5.74) is 2.82. The lowest BCUT2D eigenvalue weighted by atomic mass is 10.1. The van der Waals surface area contributed by atoms with Gasteiger partial charge in [0.05, 0.1) is 0 Å². The molecule has 0 fully saturated rings. The first kappa shape index (κ1) is 14.6. The summed E-state index contributed by atoms with van der Waals surface area (Å²) in [6, 6.07) is 5.78. The van der Waals surface area contributed by atoms with E-state index >= 15 is 0 Å². The van der Waals surface area contributed by atoms with Crippen molar-refractivity contribution in [1.29, 1.82) is 0 Å². The molecule has 1 aromatic carbocycles. The van der Waals surface area contributed by atoms with Crippen LogP contribution in [0.3, 0.4) is 0 Å². The van der Waals surface area contributed by atoms with Crippen LogP contribution in [0.2, 0.25) is 0 Å². The number of benzene rings is 1. The van der Waals surface area contributed by atoms with Gasteiger partial charge in [0.1, 0.15) is 11.6 Å². The Morgan fingerprint density at radius 1 is 1.28 bits per heavy atom. The molecule has 0 heterocycles. The first-order chi connectivity index (χ1) is 8.19. The number of nitrogens with one attached hydrogen (secondary N) is 1. The van der Waals surface area contributed by atoms with Crippen molar-refractivity contribution in [3.8, 4) is 0 Å². The lowest BCUT2D eigenvalue weighted by Crippen LogP contribution is -2.34. The molecule has 0 radical (unpaired) electrons. The lowest BCUT2D eigenvalue weighted by Gasteiger charge is -2.23. The van der Waals surface area contributed by atoms with Crippen LogP contribution in [0, 0.1) is 13.8 Å². The van der Waals surface area contributed by atoms with Gasteiger partial charge in [-0.2, -0.15) is 0 Å². The lowest BCUT2D eigenvalue weighted by molar-refractivity contribution is -0.155. The molecule has 1 unspecified atom stereocenters. The van der Waals surface area contributed by atoms with E-state index in [1.807, 2.05) is 53.7 Å². The van der Waals surface area contributed by atoms with Crippen LogP contribution in [-0.2, 0) is 9.53 Å². The molecular weight excluding hydrogens is 226 g/mol. The number of aryl methyl sites for hydroxylation is 2. The van der Waals surface area contributed by atoms with Crippen LogP contribution in [0.1, 0.15) is 38.8 Å². The molecule has 18 heavy (non-hydrogen) atoms. The smallest absolute Gasteiger partial charge is 0.328 e. The fourth-order valence-electron chi connectivity index (χ4n) is 1.57. The van der Waals surface area contributed by atoms with Crippen molar-refractivity contribution in [2.75, 3.05) is 5.32 Å². The molecule has 1 rings (SSSR count). The SMILES string of the molecule is Cc1ccc(C)c(NC(C)C(=O)OC(C)(C)C)c1. The molecule has 0 aromatic heterocycles. The average molecular weight is 249 g/mol. The van der Waals surface area contributed by atoms with Crippen molar-refractivity contribution in [1.82, 2.24) is 0 Å². The third-order valence-corrected chi connectivity index (χ3v) is 2.53. The van der Waals surface area contributed by atoms with Crippen LogP contribution in [0.5, 0.6) is 0 Å². The number of hydrogen-bond donors (Lipinski definition) is 1. The van der Waals surface area contributed by atoms with Gasteiger partial charge in [-0.1, -0.05) is 12.1 Å². The number of hydrogen-bond acceptors (Lipinski definition) is 3. The number of rotatable bonds is 3. The second kappa shape index (κ2) is 5.42. The normalized spacial score (nSPS) is 13.0. The molecule has 1 aromatic rings. The predicted octanol–water partition coefficient (Wildman–Crippen LogP) is 3.45. The minimum Gasteiger partial charge on any atom is -0.458 e. The molecule has 1 atom stereocenters. The molecule has 1 N–H and O–H groups in total. The maximum absolute atomic E-state index is 11.9. The first-order valence-electron chi connectivity index (χ1n) is 6.26. The average Bonchev–Trinajstić information content (AvgIpc) is 2.21. The van der Waals surface area contributed by atoms with Crippen molar-refractivity contribution in [3.05, 3.63) is 29.3 Å². The molecule has 0 saturated heterocycles. The Hall–Kier alpha value is -1.51. The van der Waals surface area contributed by atoms with E-state index in [4.69, 9.17) is 4.74 Å². The molecule has 0 spiro atoms. The number of esters is 1. The van der Waals surface area contributed by atoms with Crippen LogP contribution in [0.15, 0.2) is 18.2 Å². The Labute approximate surface area is 110 Å². The van der Waals surface area contributed by atoms with Gasteiger partial charge in [0.15, 0.2) is 0 Å². The van der Waals surface area contributed by atoms with E-state index in [0.717, 1.165) is 11.3 Å². The summed E-state index contributed by atoms with van der Waals surface area (Å²) in [6.45, 7) is 11.5. The summed E-state index contributed by atoms with van der Waals surface area (Å²) in [5, 5.41) is 3.20. The molecule has 0 bridgehead atoms. The zero-order valence-corrected chi connectivity index (χ0v) is 12.1. The van der Waals surface area contributed by atoms with Crippen LogP contribution in [-0.4, -0.2) is 17.6 Å². The van der Waals surface area contributed by atoms with Gasteiger partial charge in [0, 0.05) is 5.69 Å². The fraction of sp³-hybridized carbons (Fsp3) is 0.533. The van der Waals surface area contributed by atoms with Crippen LogP contribution in [0.4, 0.5) is 5.69 Å². The summed E-state index contributed by atoms with van der Waals surface area (Å²) in [4.78, 5) is 11.9. The van der Waals surface area contributed by atoms with Gasteiger partial charge in [0.2, 0.25) is 0 Å². The summed E-state index contributed by atoms with van der Waals surface area (Å²) in [5.74, 6) is -0.233. The third kappa shape index (κ3) is 4.40. The highest BCUT2D eigenvalue weighted by Crippen LogP contribution is 2.18. The number of carbonyl (C=O) groups excluding carboxylic acids is 1. The Kier molecular flexibility index (Phi) is 4.38. The summed E-state index contributed by atoms with van der Waals surface area (Å²) < 4.78 is 5.34. The Morgan fingerprint density at radius 3 is 2.44 bits per heavy atom. The minimum absolute atomic E-state index is 0.233. The molecule has 3 nitrogen and oxygen atoms in total. The van der Waals surface area contributed by atoms with Crippen molar-refractivity contribution in [2.45, 2.75) is 53.2 Å². The fourth-order valence-corrected chi connectivity index (χ4v) is 1.57. The molecule has 3 heteroatoms. The van der Waals surface area contributed by atoms with Crippen molar-refractivity contribution in [2.24, 2.45) is 0 Å². The highest BCUT2D eigenvalue weighted by molar-refractivity contribution is 5.79. The molecule has 0 aliphatic heterocycles. The Bertz CT molecular complexity index is 433. The zero-order chi connectivity index (χ0) is 13.9. The monoisotopic (exact) mass is 249 g/mol. The summed E-state index contributed by atoms with van der Waals surface area (Å²) >= 11 is 0. The maximum Gasteiger partial charge on any atom is 0.328 e. The van der Waals surface area contributed by atoms with Gasteiger partial charge in [-0.15, -0.1) is 0 Å². The van der Waals surface area contributed by atoms with E-state index in [0.29, 0.717) is 0 Å². The third-order valence-electron chi connectivity index (χ3n) is 2.53. The molecule has 0 saturated carbocycles. The van der Waals surface area contributed by atoms with Crippen molar-refractivity contribution in [3.63, 3.8) is 0 Å². The molecule has 100 valence electrons. The molecule has 0 aliphatic rings. The van der Waals surface area contributed by atoms with Gasteiger partial charge in [0.25, 0.3) is 0 Å². The number of carbonyl (C=O) groups is 1. The highest BCUT2D eigenvalue weighted by atomic mass is 16.6. The van der Waals surface area contributed by atoms with E-state index in [9.17, 15) is 4.79 Å². The quantitative estimate of drug-likeness (QED) is 0.834. The molecule has 0 aliphatic carbocycles. The second-order valence-electron chi connectivity index (χ2n) is 5.72. The topological polar surface area (TPSA) is 38.3 Å². The molecular formula is C15H23NO2. The van der Waals surface area contributed by atoms with E-state index in [-0.39, 0.29) is 12.0 Å². The Balaban J connectivity index is 2.72. The van der Waals surface area contributed by atoms with E-state index in [1.54, 1.807) is 0 Å². The van der Waals surface area contributed by atoms with Crippen molar-refractivity contribution >= 4 is 11.7 Å². The van der Waals surface area contributed by atoms with E-state index in [2.05, 4.69) is 11.4 Å². The molecule has 0 amide bonds. The number of ether oxygens (including phenoxy) is 1. The summed E-state index contributed by atoms with van der Waals surface area (Å²) in [6.07, 6.45) is 0. The van der Waals surface area contributed by atoms with E-state index in [1.165, 1.54) is 5.56 Å². The van der Waals surface area contributed by atoms with Crippen molar-refractivity contribution < 1.29 is 9.53 Å². The summed E-state index contributed by atoms with van der Waals surface area (Å²) in [7, 11) is 0. The second-order valence-corrected chi connectivity index (χ2v) is 5.72. The zero-order valence-electron chi connectivity index (χ0n) is 12.1. The maximum atomic E-state index is 11.9. The van der Waals surface area contributed by atoms with Crippen LogP contribution < -0.4 is 5.32 Å². The first-order valence-corrected chi connectivity index (χ1v) is 6.26. The van der Waals surface area contributed by atoms with Crippen LogP contribution >= 0.6 is 0 Å². The number of anilines is 1. The predicted molar refractivity (Wildman–Crippen MR) is 74.8 cm³/mol. The van der Waals surface area contributed by atoms with Gasteiger partial charge < -0.3 is 10.1 Å². The minimum atomic E-state index is -0.450. The van der Waals surface area contributed by atoms with Gasteiger partial charge in [-0.05, 0) is 58.7 Å². The van der Waals surface area contributed by atoms with Crippen LogP contribution in [0.25, 0.3) is 0 Å². The highest BCUT2D eigenvalue weighted by Gasteiger charge is 2.21.